The summed E-state index contributed by atoms with van der Waals surface area (Å²) in [6, 6.07) is 8.01. The first-order valence-electron chi connectivity index (χ1n) is 6.40. The molecule has 0 N–H and O–H groups in total. The van der Waals surface area contributed by atoms with Crippen LogP contribution in [0.2, 0.25) is 0 Å². The smallest absolute Gasteiger partial charge is 0.175 e. The van der Waals surface area contributed by atoms with Gasteiger partial charge in [-0.15, -0.1) is 11.3 Å². The molecule has 98 valence electrons. The fraction of sp³-hybridized carbons (Fsp3) is 0.333. The van der Waals surface area contributed by atoms with E-state index in [1.54, 1.807) is 5.51 Å². The molecule has 1 aliphatic rings. The molecule has 1 aliphatic heterocycles. The van der Waals surface area contributed by atoms with Crippen molar-refractivity contribution in [2.24, 2.45) is 0 Å². The number of carbonyl (C=O) groups excluding carboxylic acids is 1. The highest BCUT2D eigenvalue weighted by molar-refractivity contribution is 7.11. The Labute approximate surface area is 116 Å². The van der Waals surface area contributed by atoms with E-state index in [1.165, 1.54) is 11.3 Å². The minimum Gasteiger partial charge on any atom is -0.493 e. The Kier molecular flexibility index (Phi) is 3.34. The molecule has 2 aromatic rings. The minimum absolute atomic E-state index is 0.196. The molecule has 0 fully saturated rings. The number of rotatable bonds is 3. The molecule has 3 nitrogen and oxygen atoms in total. The molecule has 19 heavy (non-hydrogen) atoms. The van der Waals surface area contributed by atoms with E-state index in [0.717, 1.165) is 28.3 Å². The zero-order valence-corrected chi connectivity index (χ0v) is 11.6. The molecule has 1 unspecified atom stereocenters. The SMILES string of the molecule is Cc1ncsc1C(=O)CC1CCOc2ccccc21. The van der Waals surface area contributed by atoms with Crippen LogP contribution >= 0.6 is 11.3 Å². The number of aromatic nitrogens is 1. The molecular weight excluding hydrogens is 258 g/mol. The van der Waals surface area contributed by atoms with Gasteiger partial charge in [0.2, 0.25) is 0 Å². The summed E-state index contributed by atoms with van der Waals surface area (Å²) in [4.78, 5) is 17.3. The van der Waals surface area contributed by atoms with Crippen LogP contribution in [0.3, 0.4) is 0 Å². The molecule has 4 heteroatoms. The molecular formula is C15H15NO2S. The molecule has 0 aliphatic carbocycles. The number of nitrogens with zero attached hydrogens (tertiary/aromatic N) is 1. The van der Waals surface area contributed by atoms with E-state index in [4.69, 9.17) is 4.74 Å². The maximum Gasteiger partial charge on any atom is 0.175 e. The summed E-state index contributed by atoms with van der Waals surface area (Å²) in [7, 11) is 0. The lowest BCUT2D eigenvalue weighted by molar-refractivity contribution is 0.0969. The minimum atomic E-state index is 0.196. The number of ketones is 1. The molecule has 3 rings (SSSR count). The number of Topliss-reactive ketones (excluding diaryl/α,β-unsaturated/α-hetero) is 1. The number of carbonyl (C=O) groups is 1. The normalized spacial score (nSPS) is 17.6. The van der Waals surface area contributed by atoms with Crippen molar-refractivity contribution in [1.82, 2.24) is 4.98 Å². The van der Waals surface area contributed by atoms with Crippen molar-refractivity contribution in [3.8, 4) is 5.75 Å². The van der Waals surface area contributed by atoms with Gasteiger partial charge in [-0.1, -0.05) is 18.2 Å². The number of para-hydroxylation sites is 1. The molecule has 1 aromatic carbocycles. The molecule has 0 saturated carbocycles. The zero-order chi connectivity index (χ0) is 13.2. The van der Waals surface area contributed by atoms with E-state index in [9.17, 15) is 4.79 Å². The molecule has 0 spiro atoms. The summed E-state index contributed by atoms with van der Waals surface area (Å²) >= 11 is 1.44. The quantitative estimate of drug-likeness (QED) is 0.802. The lowest BCUT2D eigenvalue weighted by Gasteiger charge is -2.25. The van der Waals surface area contributed by atoms with Gasteiger partial charge in [-0.3, -0.25) is 4.79 Å². The average molecular weight is 273 g/mol. The summed E-state index contributed by atoms with van der Waals surface area (Å²) in [5.74, 6) is 1.38. The van der Waals surface area contributed by atoms with Crippen molar-refractivity contribution in [2.75, 3.05) is 6.61 Å². The van der Waals surface area contributed by atoms with Crippen molar-refractivity contribution in [3.63, 3.8) is 0 Å². The molecule has 2 heterocycles. The Balaban J connectivity index is 1.82. The highest BCUT2D eigenvalue weighted by Gasteiger charge is 2.25. The molecule has 1 atom stereocenters. The van der Waals surface area contributed by atoms with Crippen LogP contribution in [-0.2, 0) is 0 Å². The molecule has 0 radical (unpaired) electrons. The van der Waals surface area contributed by atoms with Crippen LogP contribution in [0.15, 0.2) is 29.8 Å². The Hall–Kier alpha value is -1.68. The number of hydrogen-bond acceptors (Lipinski definition) is 4. The Morgan fingerprint density at radius 3 is 3.11 bits per heavy atom. The Bertz CT molecular complexity index is 606. The van der Waals surface area contributed by atoms with Crippen LogP contribution in [0, 0.1) is 6.92 Å². The second-order valence-electron chi connectivity index (χ2n) is 4.77. The van der Waals surface area contributed by atoms with E-state index in [1.807, 2.05) is 25.1 Å². The number of fused-ring (bicyclic) bond motifs is 1. The van der Waals surface area contributed by atoms with E-state index >= 15 is 0 Å². The number of benzene rings is 1. The number of hydrogen-bond donors (Lipinski definition) is 0. The Morgan fingerprint density at radius 1 is 1.47 bits per heavy atom. The maximum absolute atomic E-state index is 12.3. The van der Waals surface area contributed by atoms with E-state index in [0.29, 0.717) is 13.0 Å². The van der Waals surface area contributed by atoms with E-state index in [2.05, 4.69) is 11.1 Å². The lowest BCUT2D eigenvalue weighted by atomic mass is 9.88. The van der Waals surface area contributed by atoms with Gasteiger partial charge in [0.05, 0.1) is 22.7 Å². The maximum atomic E-state index is 12.3. The molecule has 0 amide bonds. The third-order valence-corrected chi connectivity index (χ3v) is 4.48. The summed E-state index contributed by atoms with van der Waals surface area (Å²) in [5.41, 5.74) is 3.74. The van der Waals surface area contributed by atoms with Crippen molar-refractivity contribution < 1.29 is 9.53 Å². The van der Waals surface area contributed by atoms with Crippen molar-refractivity contribution in [2.45, 2.75) is 25.7 Å². The first-order chi connectivity index (χ1) is 9.25. The first-order valence-corrected chi connectivity index (χ1v) is 7.28. The van der Waals surface area contributed by atoms with Gasteiger partial charge in [-0.25, -0.2) is 4.98 Å². The standard InChI is InChI=1S/C15H15NO2S/c1-10-15(19-9-16-10)13(17)8-11-6-7-18-14-5-3-2-4-12(11)14/h2-5,9,11H,6-8H2,1H3. The second-order valence-corrected chi connectivity index (χ2v) is 5.62. The highest BCUT2D eigenvalue weighted by Crippen LogP contribution is 2.36. The van der Waals surface area contributed by atoms with Crippen LogP contribution < -0.4 is 4.74 Å². The second kappa shape index (κ2) is 5.13. The molecule has 0 bridgehead atoms. The summed E-state index contributed by atoms with van der Waals surface area (Å²) < 4.78 is 5.63. The predicted molar refractivity (Wildman–Crippen MR) is 75.1 cm³/mol. The van der Waals surface area contributed by atoms with E-state index in [-0.39, 0.29) is 11.7 Å². The van der Waals surface area contributed by atoms with Gasteiger partial charge in [-0.2, -0.15) is 0 Å². The fourth-order valence-electron chi connectivity index (χ4n) is 2.51. The van der Waals surface area contributed by atoms with Crippen molar-refractivity contribution >= 4 is 17.1 Å². The van der Waals surface area contributed by atoms with Gasteiger partial charge in [-0.05, 0) is 30.9 Å². The summed E-state index contributed by atoms with van der Waals surface area (Å²) in [6.07, 6.45) is 1.45. The number of aryl methyl sites for hydroxylation is 1. The van der Waals surface area contributed by atoms with Gasteiger partial charge in [0.15, 0.2) is 5.78 Å². The Morgan fingerprint density at radius 2 is 2.32 bits per heavy atom. The van der Waals surface area contributed by atoms with Crippen molar-refractivity contribution in [1.29, 1.82) is 0 Å². The van der Waals surface area contributed by atoms with Gasteiger partial charge in [0.1, 0.15) is 5.75 Å². The average Bonchev–Trinajstić information content (AvgIpc) is 2.85. The topological polar surface area (TPSA) is 39.2 Å². The summed E-state index contributed by atoms with van der Waals surface area (Å²) in [6.45, 7) is 2.58. The monoisotopic (exact) mass is 273 g/mol. The van der Waals surface area contributed by atoms with E-state index < -0.39 is 0 Å². The van der Waals surface area contributed by atoms with Crippen LogP contribution in [-0.4, -0.2) is 17.4 Å². The molecule has 1 aromatic heterocycles. The lowest BCUT2D eigenvalue weighted by Crippen LogP contribution is -2.17. The fourth-order valence-corrected chi connectivity index (χ4v) is 3.27. The largest absolute Gasteiger partial charge is 0.493 e. The third-order valence-electron chi connectivity index (χ3n) is 3.51. The van der Waals surface area contributed by atoms with Gasteiger partial charge in [0.25, 0.3) is 0 Å². The highest BCUT2D eigenvalue weighted by atomic mass is 32.1. The summed E-state index contributed by atoms with van der Waals surface area (Å²) in [5, 5.41) is 0. The van der Waals surface area contributed by atoms with Gasteiger partial charge in [0, 0.05) is 6.42 Å². The van der Waals surface area contributed by atoms with Gasteiger partial charge < -0.3 is 4.74 Å². The van der Waals surface area contributed by atoms with Crippen LogP contribution in [0.5, 0.6) is 5.75 Å². The van der Waals surface area contributed by atoms with Crippen molar-refractivity contribution in [3.05, 3.63) is 45.9 Å². The van der Waals surface area contributed by atoms with Crippen LogP contribution in [0.1, 0.15) is 39.7 Å². The van der Waals surface area contributed by atoms with Gasteiger partial charge >= 0.3 is 0 Å². The van der Waals surface area contributed by atoms with Crippen LogP contribution in [0.25, 0.3) is 0 Å². The van der Waals surface area contributed by atoms with Crippen LogP contribution in [0.4, 0.5) is 0 Å². The third kappa shape index (κ3) is 2.40. The number of thiazole rings is 1. The number of ether oxygens (including phenoxy) is 1. The zero-order valence-electron chi connectivity index (χ0n) is 10.8. The first kappa shape index (κ1) is 12.4. The predicted octanol–water partition coefficient (Wildman–Crippen LogP) is 3.59. The molecule has 0 saturated heterocycles.